The van der Waals surface area contributed by atoms with Crippen molar-refractivity contribution in [1.29, 1.82) is 0 Å². The van der Waals surface area contributed by atoms with Crippen LogP contribution in [0.25, 0.3) is 0 Å². The zero-order valence-electron chi connectivity index (χ0n) is 8.53. The van der Waals surface area contributed by atoms with E-state index in [-0.39, 0.29) is 17.8 Å². The number of hydrogen-bond acceptors (Lipinski definition) is 1. The zero-order chi connectivity index (χ0) is 10.2. The van der Waals surface area contributed by atoms with Gasteiger partial charge in [-0.1, -0.05) is 26.8 Å². The number of aliphatic carboxylic acids is 1. The Balaban J connectivity index is 2.93. The lowest BCUT2D eigenvalue weighted by Gasteiger charge is -2.16. The number of allylic oxidation sites excluding steroid dienone is 1. The van der Waals surface area contributed by atoms with Crippen molar-refractivity contribution in [3.8, 4) is 0 Å². The summed E-state index contributed by atoms with van der Waals surface area (Å²) in [5.74, 6) is 0.409. The molecule has 0 spiro atoms. The number of rotatable bonds is 2. The summed E-state index contributed by atoms with van der Waals surface area (Å²) in [4.78, 5) is 11.0. The Bertz CT molecular complexity index is 222. The van der Waals surface area contributed by atoms with Crippen molar-refractivity contribution >= 4 is 5.97 Å². The van der Waals surface area contributed by atoms with Gasteiger partial charge in [-0.2, -0.15) is 0 Å². The van der Waals surface area contributed by atoms with Crippen molar-refractivity contribution in [3.05, 3.63) is 12.7 Å². The van der Waals surface area contributed by atoms with E-state index >= 15 is 0 Å². The highest BCUT2D eigenvalue weighted by atomic mass is 16.4. The predicted octanol–water partition coefficient (Wildman–Crippen LogP) is 2.41. The van der Waals surface area contributed by atoms with Crippen LogP contribution in [-0.2, 0) is 4.79 Å². The second-order valence-corrected chi connectivity index (χ2v) is 4.25. The van der Waals surface area contributed by atoms with Gasteiger partial charge in [0.2, 0.25) is 0 Å². The molecule has 3 unspecified atom stereocenters. The van der Waals surface area contributed by atoms with Gasteiger partial charge in [-0.05, 0) is 23.7 Å². The van der Waals surface area contributed by atoms with Crippen molar-refractivity contribution in [2.75, 3.05) is 0 Å². The van der Waals surface area contributed by atoms with Crippen LogP contribution in [0.4, 0.5) is 0 Å². The molecule has 1 aliphatic rings. The van der Waals surface area contributed by atoms with Gasteiger partial charge in [0.15, 0.2) is 0 Å². The van der Waals surface area contributed by atoms with E-state index < -0.39 is 5.97 Å². The standard InChI is InChI=1S/C11H18O2/c1-5-9-7(3)6(2)8(4)10(9)11(12)13/h5-10H,1H2,2-4H3,(H,12,13)/t6?,7?,8-,9-,10?/m1/s1. The molecule has 74 valence electrons. The second kappa shape index (κ2) is 3.52. The summed E-state index contributed by atoms with van der Waals surface area (Å²) in [6, 6.07) is 0. The second-order valence-electron chi connectivity index (χ2n) is 4.25. The molecule has 0 saturated heterocycles. The van der Waals surface area contributed by atoms with E-state index in [2.05, 4.69) is 20.4 Å². The normalized spacial score (nSPS) is 44.7. The van der Waals surface area contributed by atoms with Crippen molar-refractivity contribution < 1.29 is 9.90 Å². The summed E-state index contributed by atoms with van der Waals surface area (Å²) in [6.45, 7) is 10.0. The van der Waals surface area contributed by atoms with Crippen LogP contribution in [0.15, 0.2) is 12.7 Å². The fourth-order valence-corrected chi connectivity index (χ4v) is 2.58. The first kappa shape index (κ1) is 10.3. The molecule has 0 aromatic carbocycles. The highest BCUT2D eigenvalue weighted by molar-refractivity contribution is 5.71. The van der Waals surface area contributed by atoms with Crippen molar-refractivity contribution in [3.63, 3.8) is 0 Å². The fourth-order valence-electron chi connectivity index (χ4n) is 2.58. The predicted molar refractivity (Wildman–Crippen MR) is 52.3 cm³/mol. The van der Waals surface area contributed by atoms with E-state index in [4.69, 9.17) is 5.11 Å². The molecular weight excluding hydrogens is 164 g/mol. The summed E-state index contributed by atoms with van der Waals surface area (Å²) in [6.07, 6.45) is 1.81. The Kier molecular flexibility index (Phi) is 2.79. The lowest BCUT2D eigenvalue weighted by molar-refractivity contribution is -0.144. The lowest BCUT2D eigenvalue weighted by atomic mass is 9.88. The molecule has 1 fully saturated rings. The van der Waals surface area contributed by atoms with Crippen LogP contribution in [0.1, 0.15) is 20.8 Å². The Labute approximate surface area is 79.6 Å². The van der Waals surface area contributed by atoms with Crippen LogP contribution in [0.5, 0.6) is 0 Å². The third kappa shape index (κ3) is 1.50. The molecule has 1 N–H and O–H groups in total. The minimum Gasteiger partial charge on any atom is -0.481 e. The van der Waals surface area contributed by atoms with E-state index in [0.29, 0.717) is 11.8 Å². The molecule has 13 heavy (non-hydrogen) atoms. The Morgan fingerprint density at radius 3 is 2.08 bits per heavy atom. The maximum Gasteiger partial charge on any atom is 0.307 e. The maximum absolute atomic E-state index is 11.0. The monoisotopic (exact) mass is 182 g/mol. The number of hydrogen-bond donors (Lipinski definition) is 1. The van der Waals surface area contributed by atoms with Gasteiger partial charge in [-0.3, -0.25) is 4.79 Å². The number of carboxylic acids is 1. The van der Waals surface area contributed by atoms with E-state index in [9.17, 15) is 4.79 Å². The summed E-state index contributed by atoms with van der Waals surface area (Å²) >= 11 is 0. The average molecular weight is 182 g/mol. The van der Waals surface area contributed by atoms with Crippen molar-refractivity contribution in [1.82, 2.24) is 0 Å². The molecule has 0 aromatic rings. The quantitative estimate of drug-likeness (QED) is 0.666. The highest BCUT2D eigenvalue weighted by Crippen LogP contribution is 2.46. The Morgan fingerprint density at radius 2 is 1.77 bits per heavy atom. The van der Waals surface area contributed by atoms with E-state index in [0.717, 1.165) is 0 Å². The SMILES string of the molecule is C=C[C@@H]1C(C)C(C)[C@@H](C)C1C(=O)O. The smallest absolute Gasteiger partial charge is 0.307 e. The average Bonchev–Trinajstić information content (AvgIpc) is 2.29. The summed E-state index contributed by atoms with van der Waals surface area (Å²) in [5, 5.41) is 9.07. The summed E-state index contributed by atoms with van der Waals surface area (Å²) < 4.78 is 0. The molecule has 0 bridgehead atoms. The molecule has 2 nitrogen and oxygen atoms in total. The molecule has 1 saturated carbocycles. The topological polar surface area (TPSA) is 37.3 Å². The van der Waals surface area contributed by atoms with E-state index in [1.807, 2.05) is 13.0 Å². The molecule has 0 aliphatic heterocycles. The van der Waals surface area contributed by atoms with Gasteiger partial charge in [0, 0.05) is 0 Å². The third-order valence-electron chi connectivity index (χ3n) is 3.80. The molecule has 1 rings (SSSR count). The van der Waals surface area contributed by atoms with Crippen molar-refractivity contribution in [2.24, 2.45) is 29.6 Å². The minimum absolute atomic E-state index is 0.141. The van der Waals surface area contributed by atoms with Crippen LogP contribution in [0.3, 0.4) is 0 Å². The number of carboxylic acid groups (broad SMARTS) is 1. The highest BCUT2D eigenvalue weighted by Gasteiger charge is 2.46. The molecule has 0 heterocycles. The molecule has 0 radical (unpaired) electrons. The largest absolute Gasteiger partial charge is 0.481 e. The van der Waals surface area contributed by atoms with Crippen LogP contribution in [0.2, 0.25) is 0 Å². The third-order valence-corrected chi connectivity index (χ3v) is 3.80. The Morgan fingerprint density at radius 1 is 1.23 bits per heavy atom. The van der Waals surface area contributed by atoms with Gasteiger partial charge in [0.1, 0.15) is 0 Å². The van der Waals surface area contributed by atoms with E-state index in [1.165, 1.54) is 0 Å². The maximum atomic E-state index is 11.0. The van der Waals surface area contributed by atoms with Crippen LogP contribution in [0, 0.1) is 29.6 Å². The minimum atomic E-state index is -0.673. The molecule has 0 amide bonds. The Hall–Kier alpha value is -0.790. The van der Waals surface area contributed by atoms with Gasteiger partial charge >= 0.3 is 5.97 Å². The molecule has 5 atom stereocenters. The van der Waals surface area contributed by atoms with Gasteiger partial charge in [0.25, 0.3) is 0 Å². The molecular formula is C11H18O2. The lowest BCUT2D eigenvalue weighted by Crippen LogP contribution is -2.23. The zero-order valence-corrected chi connectivity index (χ0v) is 8.53. The number of carbonyl (C=O) groups is 1. The van der Waals surface area contributed by atoms with Gasteiger partial charge in [0.05, 0.1) is 5.92 Å². The summed E-state index contributed by atoms with van der Waals surface area (Å²) in [5.41, 5.74) is 0. The van der Waals surface area contributed by atoms with E-state index in [1.54, 1.807) is 0 Å². The van der Waals surface area contributed by atoms with Gasteiger partial charge < -0.3 is 5.11 Å². The van der Waals surface area contributed by atoms with Crippen LogP contribution >= 0.6 is 0 Å². The fraction of sp³-hybridized carbons (Fsp3) is 0.727. The first-order valence-electron chi connectivity index (χ1n) is 4.86. The molecule has 2 heteroatoms. The van der Waals surface area contributed by atoms with Crippen LogP contribution < -0.4 is 0 Å². The van der Waals surface area contributed by atoms with Crippen LogP contribution in [-0.4, -0.2) is 11.1 Å². The molecule has 0 aromatic heterocycles. The van der Waals surface area contributed by atoms with Gasteiger partial charge in [-0.25, -0.2) is 0 Å². The van der Waals surface area contributed by atoms with Crippen molar-refractivity contribution in [2.45, 2.75) is 20.8 Å². The van der Waals surface area contributed by atoms with Gasteiger partial charge in [-0.15, -0.1) is 6.58 Å². The molecule has 1 aliphatic carbocycles. The first-order valence-corrected chi connectivity index (χ1v) is 4.86. The first-order chi connectivity index (χ1) is 6.00. The summed E-state index contributed by atoms with van der Waals surface area (Å²) in [7, 11) is 0.